The minimum absolute atomic E-state index is 0.144. The molecule has 0 bridgehead atoms. The maximum absolute atomic E-state index is 12.6. The summed E-state index contributed by atoms with van der Waals surface area (Å²) in [5.41, 5.74) is -1.79. The van der Waals surface area contributed by atoms with Crippen molar-refractivity contribution in [2.24, 2.45) is 0 Å². The van der Waals surface area contributed by atoms with Gasteiger partial charge in [0.25, 0.3) is 11.7 Å². The average molecular weight is 266 g/mol. The van der Waals surface area contributed by atoms with Gasteiger partial charge in [0.1, 0.15) is 5.56 Å². The first kappa shape index (κ1) is 14.0. The Balaban J connectivity index is 3.35. The molecule has 0 radical (unpaired) electrons. The number of aromatic nitrogens is 1. The summed E-state index contributed by atoms with van der Waals surface area (Å²) in [4.78, 5) is 22.7. The molecule has 0 aliphatic heterocycles. The highest BCUT2D eigenvalue weighted by Gasteiger charge is 2.44. The summed E-state index contributed by atoms with van der Waals surface area (Å²) in [5.74, 6) is -3.94. The van der Waals surface area contributed by atoms with Crippen LogP contribution in [0.25, 0.3) is 0 Å². The highest BCUT2D eigenvalue weighted by atomic mass is 19.4. The van der Waals surface area contributed by atoms with E-state index in [0.29, 0.717) is 0 Å². The molecule has 0 aliphatic carbocycles. The van der Waals surface area contributed by atoms with E-state index in [2.05, 4.69) is 14.4 Å². The predicted octanol–water partition coefficient (Wildman–Crippen LogP) is 1.23. The molecule has 1 heterocycles. The van der Waals surface area contributed by atoms with Crippen molar-refractivity contribution in [1.82, 2.24) is 10.5 Å². The Bertz CT molecular complexity index is 467. The predicted molar refractivity (Wildman–Crippen MR) is 50.9 cm³/mol. The Morgan fingerprint density at radius 3 is 2.50 bits per heavy atom. The number of nitrogens with zero attached hydrogens (tertiary/aromatic N) is 1. The summed E-state index contributed by atoms with van der Waals surface area (Å²) in [6, 6.07) is 0. The van der Waals surface area contributed by atoms with Crippen molar-refractivity contribution in [2.45, 2.75) is 13.1 Å². The molecule has 0 saturated heterocycles. The lowest BCUT2D eigenvalue weighted by molar-refractivity contribution is -0.156. The molecule has 0 saturated carbocycles. The molecule has 0 atom stereocenters. The molecule has 6 nitrogen and oxygen atoms in total. The monoisotopic (exact) mass is 266 g/mol. The molecular formula is C9H9F3N2O4. The standard InChI is InChI=1S/C9H9F3N2O4/c1-3-17-8(16)4-5(7(15)13-2)14-18-6(4)9(10,11)12/h3H2,1-2H3,(H,13,15). The molecule has 1 N–H and O–H groups in total. The van der Waals surface area contributed by atoms with Gasteiger partial charge in [0.05, 0.1) is 6.61 Å². The maximum atomic E-state index is 12.6. The minimum atomic E-state index is -4.94. The van der Waals surface area contributed by atoms with E-state index in [1.807, 2.05) is 5.32 Å². The summed E-state index contributed by atoms with van der Waals surface area (Å²) < 4.78 is 46.1. The number of ether oxygens (including phenoxy) is 1. The largest absolute Gasteiger partial charge is 0.462 e. The van der Waals surface area contributed by atoms with Crippen molar-refractivity contribution in [2.75, 3.05) is 13.7 Å². The number of carbonyl (C=O) groups excluding carboxylic acids is 2. The van der Waals surface area contributed by atoms with Gasteiger partial charge in [0, 0.05) is 7.05 Å². The third kappa shape index (κ3) is 2.60. The molecule has 100 valence electrons. The van der Waals surface area contributed by atoms with Crippen LogP contribution in [0, 0.1) is 0 Å². The van der Waals surface area contributed by atoms with Crippen LogP contribution in [0.5, 0.6) is 0 Å². The van der Waals surface area contributed by atoms with Crippen LogP contribution in [0.3, 0.4) is 0 Å². The quantitative estimate of drug-likeness (QED) is 0.832. The summed E-state index contributed by atoms with van der Waals surface area (Å²) in [6.07, 6.45) is -4.94. The fourth-order valence-electron chi connectivity index (χ4n) is 1.15. The van der Waals surface area contributed by atoms with Gasteiger partial charge in [-0.25, -0.2) is 4.79 Å². The van der Waals surface area contributed by atoms with Crippen LogP contribution in [0.1, 0.15) is 33.5 Å². The third-order valence-electron chi connectivity index (χ3n) is 1.87. The second-order valence-corrected chi connectivity index (χ2v) is 3.03. The zero-order valence-corrected chi connectivity index (χ0v) is 9.42. The smallest absolute Gasteiger partial charge is 0.453 e. The van der Waals surface area contributed by atoms with E-state index in [0.717, 1.165) is 0 Å². The molecule has 0 aliphatic rings. The molecule has 1 aromatic rings. The third-order valence-corrected chi connectivity index (χ3v) is 1.87. The molecule has 18 heavy (non-hydrogen) atoms. The normalized spacial score (nSPS) is 11.2. The zero-order chi connectivity index (χ0) is 13.9. The molecule has 0 unspecified atom stereocenters. The number of alkyl halides is 3. The Morgan fingerprint density at radius 1 is 1.44 bits per heavy atom. The number of amides is 1. The first-order chi connectivity index (χ1) is 8.32. The number of carbonyl (C=O) groups is 2. The van der Waals surface area contributed by atoms with Crippen molar-refractivity contribution in [3.63, 3.8) is 0 Å². The van der Waals surface area contributed by atoms with Crippen molar-refractivity contribution < 1.29 is 32.0 Å². The van der Waals surface area contributed by atoms with Gasteiger partial charge in [-0.05, 0) is 6.92 Å². The molecule has 1 amide bonds. The molecular weight excluding hydrogens is 257 g/mol. The molecule has 1 aromatic heterocycles. The van der Waals surface area contributed by atoms with Crippen LogP contribution in [0.2, 0.25) is 0 Å². The van der Waals surface area contributed by atoms with Crippen molar-refractivity contribution in [1.29, 1.82) is 0 Å². The fraction of sp³-hybridized carbons (Fsp3) is 0.444. The number of hydrogen-bond donors (Lipinski definition) is 1. The lowest BCUT2D eigenvalue weighted by Crippen LogP contribution is -2.23. The topological polar surface area (TPSA) is 81.4 Å². The summed E-state index contributed by atoms with van der Waals surface area (Å²) in [7, 11) is 1.18. The van der Waals surface area contributed by atoms with Gasteiger partial charge >= 0.3 is 12.1 Å². The zero-order valence-electron chi connectivity index (χ0n) is 9.42. The number of halogens is 3. The first-order valence-corrected chi connectivity index (χ1v) is 4.79. The second kappa shape index (κ2) is 5.07. The van der Waals surface area contributed by atoms with Crippen LogP contribution in [0.4, 0.5) is 13.2 Å². The van der Waals surface area contributed by atoms with Gasteiger partial charge in [0.2, 0.25) is 0 Å². The fourth-order valence-corrected chi connectivity index (χ4v) is 1.15. The Hall–Kier alpha value is -2.06. The minimum Gasteiger partial charge on any atom is -0.462 e. The van der Waals surface area contributed by atoms with E-state index in [-0.39, 0.29) is 6.61 Å². The van der Waals surface area contributed by atoms with Crippen LogP contribution in [-0.4, -0.2) is 30.7 Å². The van der Waals surface area contributed by atoms with Crippen molar-refractivity contribution in [3.05, 3.63) is 17.0 Å². The maximum Gasteiger partial charge on any atom is 0.453 e. The van der Waals surface area contributed by atoms with E-state index in [9.17, 15) is 22.8 Å². The Kier molecular flexibility index (Phi) is 3.94. The highest BCUT2D eigenvalue weighted by molar-refractivity contribution is 6.04. The number of hydrogen-bond acceptors (Lipinski definition) is 5. The Labute approximate surface area is 99.1 Å². The summed E-state index contributed by atoms with van der Waals surface area (Å²) in [6.45, 7) is 1.27. The van der Waals surface area contributed by atoms with Crippen LogP contribution in [-0.2, 0) is 10.9 Å². The number of nitrogens with one attached hydrogen (secondary N) is 1. The van der Waals surface area contributed by atoms with Gasteiger partial charge in [-0.1, -0.05) is 5.16 Å². The van der Waals surface area contributed by atoms with Gasteiger partial charge < -0.3 is 14.6 Å². The molecule has 0 spiro atoms. The summed E-state index contributed by atoms with van der Waals surface area (Å²) in [5, 5.41) is 5.00. The average Bonchev–Trinajstić information content (AvgIpc) is 2.72. The Morgan fingerprint density at radius 2 is 2.06 bits per heavy atom. The van der Waals surface area contributed by atoms with E-state index < -0.39 is 35.1 Å². The van der Waals surface area contributed by atoms with Crippen molar-refractivity contribution >= 4 is 11.9 Å². The van der Waals surface area contributed by atoms with Crippen LogP contribution < -0.4 is 5.32 Å². The first-order valence-electron chi connectivity index (χ1n) is 4.79. The lowest BCUT2D eigenvalue weighted by atomic mass is 10.1. The molecule has 0 fully saturated rings. The lowest BCUT2D eigenvalue weighted by Gasteiger charge is -2.05. The van der Waals surface area contributed by atoms with Gasteiger partial charge in [0.15, 0.2) is 5.69 Å². The van der Waals surface area contributed by atoms with Gasteiger partial charge in [-0.2, -0.15) is 13.2 Å². The highest BCUT2D eigenvalue weighted by Crippen LogP contribution is 2.33. The second-order valence-electron chi connectivity index (χ2n) is 3.03. The van der Waals surface area contributed by atoms with E-state index in [4.69, 9.17) is 0 Å². The molecule has 1 rings (SSSR count). The summed E-state index contributed by atoms with van der Waals surface area (Å²) >= 11 is 0. The van der Waals surface area contributed by atoms with E-state index in [1.165, 1.54) is 14.0 Å². The van der Waals surface area contributed by atoms with Crippen LogP contribution in [0.15, 0.2) is 4.52 Å². The van der Waals surface area contributed by atoms with Gasteiger partial charge in [-0.15, -0.1) is 0 Å². The number of rotatable bonds is 3. The van der Waals surface area contributed by atoms with Crippen molar-refractivity contribution in [3.8, 4) is 0 Å². The van der Waals surface area contributed by atoms with E-state index >= 15 is 0 Å². The SMILES string of the molecule is CCOC(=O)c1c(C(=O)NC)noc1C(F)(F)F. The number of esters is 1. The molecule has 9 heteroatoms. The molecule has 0 aromatic carbocycles. The van der Waals surface area contributed by atoms with Crippen LogP contribution >= 0.6 is 0 Å². The van der Waals surface area contributed by atoms with Gasteiger partial charge in [-0.3, -0.25) is 4.79 Å². The van der Waals surface area contributed by atoms with E-state index in [1.54, 1.807) is 0 Å².